The molecule has 0 spiro atoms. The van der Waals surface area contributed by atoms with Gasteiger partial charge in [-0.25, -0.2) is 0 Å². The predicted octanol–water partition coefficient (Wildman–Crippen LogP) is 2.97. The van der Waals surface area contributed by atoms with E-state index in [2.05, 4.69) is 36.5 Å². The molecule has 0 radical (unpaired) electrons. The Morgan fingerprint density at radius 1 is 1.30 bits per heavy atom. The minimum absolute atomic E-state index is 0.00609. The van der Waals surface area contributed by atoms with E-state index < -0.39 is 0 Å². The highest BCUT2D eigenvalue weighted by Gasteiger charge is 2.31. The van der Waals surface area contributed by atoms with E-state index in [-0.39, 0.29) is 23.7 Å². The van der Waals surface area contributed by atoms with Crippen LogP contribution < -0.4 is 5.32 Å². The number of nitrogens with one attached hydrogen (secondary N) is 1. The van der Waals surface area contributed by atoms with Crippen LogP contribution in [0, 0.1) is 12.8 Å². The van der Waals surface area contributed by atoms with Crippen molar-refractivity contribution in [2.45, 2.75) is 52.0 Å². The Kier molecular flexibility index (Phi) is 4.58. The number of hydrogen-bond acceptors (Lipinski definition) is 2. The first kappa shape index (κ1) is 14.8. The van der Waals surface area contributed by atoms with Crippen LogP contribution in [0.4, 0.5) is 0 Å². The van der Waals surface area contributed by atoms with Gasteiger partial charge in [0.25, 0.3) is 0 Å². The second-order valence-corrected chi connectivity index (χ2v) is 5.96. The van der Waals surface area contributed by atoms with Gasteiger partial charge >= 0.3 is 0 Å². The zero-order valence-electron chi connectivity index (χ0n) is 12.5. The van der Waals surface area contributed by atoms with Gasteiger partial charge in [-0.1, -0.05) is 29.8 Å². The molecule has 1 fully saturated rings. The van der Waals surface area contributed by atoms with Gasteiger partial charge in [0.05, 0.1) is 6.04 Å². The van der Waals surface area contributed by atoms with Crippen molar-refractivity contribution in [3.8, 4) is 0 Å². The average molecular weight is 273 g/mol. The number of benzene rings is 1. The fourth-order valence-corrected chi connectivity index (χ4v) is 2.88. The number of hydrogen-bond donors (Lipinski definition) is 1. The van der Waals surface area contributed by atoms with E-state index in [0.717, 1.165) is 19.3 Å². The minimum atomic E-state index is -0.375. The van der Waals surface area contributed by atoms with Gasteiger partial charge in [-0.2, -0.15) is 0 Å². The van der Waals surface area contributed by atoms with Crippen LogP contribution in [0.1, 0.15) is 50.2 Å². The summed E-state index contributed by atoms with van der Waals surface area (Å²) >= 11 is 0. The molecular formula is C17H23NO2. The summed E-state index contributed by atoms with van der Waals surface area (Å²) in [7, 11) is 0. The zero-order chi connectivity index (χ0) is 14.7. The first-order valence-electron chi connectivity index (χ1n) is 7.34. The number of rotatable bonds is 4. The number of Topliss-reactive ketones (excluding diaryl/α,β-unsaturated/α-hetero) is 1. The molecule has 3 nitrogen and oxygen atoms in total. The van der Waals surface area contributed by atoms with Crippen molar-refractivity contribution in [1.82, 2.24) is 5.32 Å². The van der Waals surface area contributed by atoms with E-state index in [1.807, 2.05) is 0 Å². The Morgan fingerprint density at radius 2 is 2.05 bits per heavy atom. The molecule has 1 amide bonds. The predicted molar refractivity (Wildman–Crippen MR) is 79.5 cm³/mol. The van der Waals surface area contributed by atoms with Crippen LogP contribution in [-0.2, 0) is 9.59 Å². The van der Waals surface area contributed by atoms with E-state index in [0.29, 0.717) is 5.92 Å². The molecule has 0 aliphatic heterocycles. The van der Waals surface area contributed by atoms with Gasteiger partial charge in [0.2, 0.25) is 5.91 Å². The van der Waals surface area contributed by atoms with Gasteiger partial charge in [-0.05, 0) is 51.5 Å². The number of amides is 1. The first-order chi connectivity index (χ1) is 9.47. The lowest BCUT2D eigenvalue weighted by atomic mass is 9.95. The van der Waals surface area contributed by atoms with Crippen LogP contribution in [0.5, 0.6) is 0 Å². The van der Waals surface area contributed by atoms with E-state index in [9.17, 15) is 9.59 Å². The summed E-state index contributed by atoms with van der Waals surface area (Å²) in [5.74, 6) is 0.551. The molecule has 0 bridgehead atoms. The van der Waals surface area contributed by atoms with E-state index in [1.165, 1.54) is 18.1 Å². The van der Waals surface area contributed by atoms with E-state index in [4.69, 9.17) is 0 Å². The monoisotopic (exact) mass is 273 g/mol. The third-order valence-corrected chi connectivity index (χ3v) is 4.29. The third-order valence-electron chi connectivity index (χ3n) is 4.29. The average Bonchev–Trinajstić information content (AvgIpc) is 2.88. The highest BCUT2D eigenvalue weighted by Crippen LogP contribution is 2.38. The lowest BCUT2D eigenvalue weighted by Gasteiger charge is -2.15. The maximum Gasteiger partial charge on any atom is 0.223 e. The molecule has 2 rings (SSSR count). The van der Waals surface area contributed by atoms with Crippen LogP contribution in [0.25, 0.3) is 0 Å². The normalized spacial score (nSPS) is 23.4. The van der Waals surface area contributed by atoms with Gasteiger partial charge in [0.15, 0.2) is 5.78 Å². The smallest absolute Gasteiger partial charge is 0.223 e. The molecule has 0 heterocycles. The lowest BCUT2D eigenvalue weighted by molar-refractivity contribution is -0.129. The highest BCUT2D eigenvalue weighted by atomic mass is 16.2. The molecule has 1 aromatic carbocycles. The molecule has 0 aromatic heterocycles. The van der Waals surface area contributed by atoms with Crippen molar-refractivity contribution < 1.29 is 9.59 Å². The number of carbonyl (C=O) groups is 2. The molecule has 3 atom stereocenters. The second kappa shape index (κ2) is 6.21. The summed E-state index contributed by atoms with van der Waals surface area (Å²) in [6, 6.07) is 8.16. The Hall–Kier alpha value is -1.64. The molecule has 1 aromatic rings. The number of aryl methyl sites for hydroxylation is 1. The molecule has 3 heteroatoms. The molecule has 1 aliphatic rings. The summed E-state index contributed by atoms with van der Waals surface area (Å²) in [4.78, 5) is 23.3. The van der Waals surface area contributed by atoms with E-state index >= 15 is 0 Å². The molecule has 20 heavy (non-hydrogen) atoms. The Balaban J connectivity index is 1.95. The van der Waals surface area contributed by atoms with Crippen LogP contribution in [0.15, 0.2) is 24.3 Å². The van der Waals surface area contributed by atoms with Crippen molar-refractivity contribution >= 4 is 11.7 Å². The van der Waals surface area contributed by atoms with Crippen molar-refractivity contribution in [2.75, 3.05) is 0 Å². The van der Waals surface area contributed by atoms with Gasteiger partial charge in [0, 0.05) is 5.92 Å². The number of carbonyl (C=O) groups excluding carboxylic acids is 2. The second-order valence-electron chi connectivity index (χ2n) is 5.96. The maximum absolute atomic E-state index is 12.1. The Morgan fingerprint density at radius 3 is 2.70 bits per heavy atom. The summed E-state index contributed by atoms with van der Waals surface area (Å²) in [5, 5.41) is 2.82. The molecule has 108 valence electrons. The topological polar surface area (TPSA) is 46.2 Å². The van der Waals surface area contributed by atoms with E-state index in [1.54, 1.807) is 6.92 Å². The third kappa shape index (κ3) is 3.47. The van der Waals surface area contributed by atoms with Crippen molar-refractivity contribution in [1.29, 1.82) is 0 Å². The Bertz CT molecular complexity index is 509. The van der Waals surface area contributed by atoms with Crippen LogP contribution in [0.2, 0.25) is 0 Å². The molecule has 1 saturated carbocycles. The summed E-state index contributed by atoms with van der Waals surface area (Å²) < 4.78 is 0. The molecular weight excluding hydrogens is 250 g/mol. The SMILES string of the molecule is CC(=O)[C@H](C)NC(=O)[C@@H]1CC[C@H](c2cccc(C)c2)C1. The molecule has 1 N–H and O–H groups in total. The fraction of sp³-hybridized carbons (Fsp3) is 0.529. The van der Waals surface area contributed by atoms with Gasteiger partial charge in [-0.15, -0.1) is 0 Å². The quantitative estimate of drug-likeness (QED) is 0.916. The highest BCUT2D eigenvalue weighted by molar-refractivity contribution is 5.88. The molecule has 1 aliphatic carbocycles. The fourth-order valence-electron chi connectivity index (χ4n) is 2.88. The van der Waals surface area contributed by atoms with Crippen LogP contribution >= 0.6 is 0 Å². The lowest BCUT2D eigenvalue weighted by Crippen LogP contribution is -2.40. The van der Waals surface area contributed by atoms with Gasteiger partial charge in [-0.3, -0.25) is 9.59 Å². The standard InChI is InChI=1S/C17H23NO2/c1-11-5-4-6-14(9-11)15-7-8-16(10-15)17(20)18-12(2)13(3)19/h4-6,9,12,15-16H,7-8,10H2,1-3H3,(H,18,20)/t12-,15-,16+/m0/s1. The van der Waals surface area contributed by atoms with Crippen molar-refractivity contribution in [2.24, 2.45) is 5.92 Å². The van der Waals surface area contributed by atoms with Crippen LogP contribution in [0.3, 0.4) is 0 Å². The molecule has 0 saturated heterocycles. The zero-order valence-corrected chi connectivity index (χ0v) is 12.5. The summed E-state index contributed by atoms with van der Waals surface area (Å²) in [6.45, 7) is 5.35. The molecule has 0 unspecified atom stereocenters. The van der Waals surface area contributed by atoms with Gasteiger partial charge in [0.1, 0.15) is 0 Å². The minimum Gasteiger partial charge on any atom is -0.346 e. The summed E-state index contributed by atoms with van der Waals surface area (Å²) in [5.41, 5.74) is 2.60. The largest absolute Gasteiger partial charge is 0.346 e. The first-order valence-corrected chi connectivity index (χ1v) is 7.34. The van der Waals surface area contributed by atoms with Gasteiger partial charge < -0.3 is 5.32 Å². The number of ketones is 1. The Labute approximate surface area is 120 Å². The van der Waals surface area contributed by atoms with Crippen molar-refractivity contribution in [3.05, 3.63) is 35.4 Å². The van der Waals surface area contributed by atoms with Crippen LogP contribution in [-0.4, -0.2) is 17.7 Å². The summed E-state index contributed by atoms with van der Waals surface area (Å²) in [6.07, 6.45) is 2.85. The maximum atomic E-state index is 12.1. The van der Waals surface area contributed by atoms with Crippen molar-refractivity contribution in [3.63, 3.8) is 0 Å².